The monoisotopic (exact) mass is 398 g/mol. The van der Waals surface area contributed by atoms with Crippen LogP contribution in [0.25, 0.3) is 0 Å². The predicted octanol–water partition coefficient (Wildman–Crippen LogP) is 2.51. The molecule has 2 amide bonds. The minimum Gasteiger partial charge on any atom is -0.508 e. The number of piperidine rings is 1. The van der Waals surface area contributed by atoms with E-state index in [4.69, 9.17) is 4.74 Å². The van der Waals surface area contributed by atoms with Crippen LogP contribution in [-0.4, -0.2) is 52.7 Å². The van der Waals surface area contributed by atoms with Gasteiger partial charge in [0, 0.05) is 30.8 Å². The lowest BCUT2D eigenvalue weighted by Crippen LogP contribution is -2.47. The fourth-order valence-corrected chi connectivity index (χ4v) is 3.46. The van der Waals surface area contributed by atoms with Gasteiger partial charge >= 0.3 is 0 Å². The van der Waals surface area contributed by atoms with E-state index in [2.05, 4.69) is 5.32 Å². The van der Waals surface area contributed by atoms with E-state index in [1.54, 1.807) is 4.90 Å². The van der Waals surface area contributed by atoms with E-state index in [1.807, 2.05) is 32.0 Å². The Morgan fingerprint density at radius 3 is 2.34 bits per heavy atom. The van der Waals surface area contributed by atoms with Gasteiger partial charge in [-0.15, -0.1) is 0 Å². The number of rotatable bonds is 5. The summed E-state index contributed by atoms with van der Waals surface area (Å²) < 4.78 is 5.67. The van der Waals surface area contributed by atoms with E-state index in [-0.39, 0.29) is 41.5 Å². The summed E-state index contributed by atoms with van der Waals surface area (Å²) in [5.41, 5.74) is 2.34. The summed E-state index contributed by atoms with van der Waals surface area (Å²) in [5.74, 6) is -0.0639. The molecule has 1 aliphatic rings. The molecule has 0 atom stereocenters. The normalized spacial score (nSPS) is 14.5. The van der Waals surface area contributed by atoms with Crippen LogP contribution in [0, 0.1) is 13.8 Å². The molecule has 0 spiro atoms. The standard InChI is InChI=1S/C22H26N2O5/c1-14-3-4-20(15(2)9-14)29-13-21(27)24-7-5-17(6-8-24)23-22(28)16-10-18(25)12-19(26)11-16/h3-4,9-12,17,25-26H,5-8,13H2,1-2H3,(H,23,28). The first kappa shape index (κ1) is 20.5. The molecule has 7 heteroatoms. The molecule has 0 bridgehead atoms. The van der Waals surface area contributed by atoms with Crippen LogP contribution in [-0.2, 0) is 4.79 Å². The van der Waals surface area contributed by atoms with Crippen molar-refractivity contribution in [3.05, 3.63) is 53.1 Å². The number of nitrogens with one attached hydrogen (secondary N) is 1. The summed E-state index contributed by atoms with van der Waals surface area (Å²) >= 11 is 0. The Labute approximate surface area is 169 Å². The van der Waals surface area contributed by atoms with Crippen molar-refractivity contribution in [1.82, 2.24) is 10.2 Å². The summed E-state index contributed by atoms with van der Waals surface area (Å²) in [6, 6.07) is 9.54. The van der Waals surface area contributed by atoms with Crippen LogP contribution < -0.4 is 10.1 Å². The minimum absolute atomic E-state index is 0.0104. The molecule has 1 saturated heterocycles. The van der Waals surface area contributed by atoms with Gasteiger partial charge in [-0.3, -0.25) is 9.59 Å². The molecule has 29 heavy (non-hydrogen) atoms. The molecule has 1 aliphatic heterocycles. The molecule has 0 aliphatic carbocycles. The van der Waals surface area contributed by atoms with E-state index in [9.17, 15) is 19.8 Å². The molecule has 1 fully saturated rings. The van der Waals surface area contributed by atoms with Crippen LogP contribution in [0.5, 0.6) is 17.2 Å². The van der Waals surface area contributed by atoms with Crippen LogP contribution in [0.1, 0.15) is 34.3 Å². The van der Waals surface area contributed by atoms with Gasteiger partial charge in [-0.1, -0.05) is 17.7 Å². The molecule has 2 aromatic rings. The number of carbonyl (C=O) groups is 2. The third-order valence-corrected chi connectivity index (χ3v) is 5.03. The third-order valence-electron chi connectivity index (χ3n) is 5.03. The smallest absolute Gasteiger partial charge is 0.260 e. The number of benzene rings is 2. The van der Waals surface area contributed by atoms with Gasteiger partial charge in [-0.2, -0.15) is 0 Å². The molecule has 3 rings (SSSR count). The molecule has 0 radical (unpaired) electrons. The molecule has 3 N–H and O–H groups in total. The highest BCUT2D eigenvalue weighted by Gasteiger charge is 2.24. The largest absolute Gasteiger partial charge is 0.508 e. The van der Waals surface area contributed by atoms with Crippen LogP contribution in [0.2, 0.25) is 0 Å². The Kier molecular flexibility index (Phi) is 6.26. The van der Waals surface area contributed by atoms with Crippen molar-refractivity contribution in [3.63, 3.8) is 0 Å². The zero-order valence-corrected chi connectivity index (χ0v) is 16.6. The average Bonchev–Trinajstić information content (AvgIpc) is 2.67. The molecule has 2 aromatic carbocycles. The quantitative estimate of drug-likeness (QED) is 0.719. The van der Waals surface area contributed by atoms with Crippen molar-refractivity contribution in [1.29, 1.82) is 0 Å². The number of phenolic OH excluding ortho intramolecular Hbond substituents is 2. The number of phenols is 2. The molecule has 0 aromatic heterocycles. The Hall–Kier alpha value is -3.22. The van der Waals surface area contributed by atoms with Crippen LogP contribution in [0.4, 0.5) is 0 Å². The average molecular weight is 398 g/mol. The van der Waals surface area contributed by atoms with Crippen LogP contribution in [0.15, 0.2) is 36.4 Å². The SMILES string of the molecule is Cc1ccc(OCC(=O)N2CCC(NC(=O)c3cc(O)cc(O)c3)CC2)c(C)c1. The minimum atomic E-state index is -0.362. The Bertz CT molecular complexity index is 884. The van der Waals surface area contributed by atoms with E-state index < -0.39 is 0 Å². The number of hydrogen-bond donors (Lipinski definition) is 3. The zero-order valence-electron chi connectivity index (χ0n) is 16.6. The van der Waals surface area contributed by atoms with Gasteiger partial charge in [0.2, 0.25) is 0 Å². The second-order valence-electron chi connectivity index (χ2n) is 7.42. The van der Waals surface area contributed by atoms with Crippen LogP contribution in [0.3, 0.4) is 0 Å². The summed E-state index contributed by atoms with van der Waals surface area (Å²) in [5, 5.41) is 21.9. The Balaban J connectivity index is 1.47. The van der Waals surface area contributed by atoms with E-state index in [0.29, 0.717) is 31.7 Å². The van der Waals surface area contributed by atoms with Gasteiger partial charge in [0.15, 0.2) is 6.61 Å². The molecule has 0 unspecified atom stereocenters. The van der Waals surface area contributed by atoms with Gasteiger partial charge in [-0.05, 0) is 50.5 Å². The van der Waals surface area contributed by atoms with E-state index in [0.717, 1.165) is 11.1 Å². The highest BCUT2D eigenvalue weighted by atomic mass is 16.5. The van der Waals surface area contributed by atoms with Gasteiger partial charge in [0.1, 0.15) is 17.2 Å². The number of aryl methyl sites for hydroxylation is 2. The fraction of sp³-hybridized carbons (Fsp3) is 0.364. The van der Waals surface area contributed by atoms with Crippen molar-refractivity contribution in [2.24, 2.45) is 0 Å². The Morgan fingerprint density at radius 2 is 1.72 bits per heavy atom. The van der Waals surface area contributed by atoms with Crippen molar-refractivity contribution < 1.29 is 24.5 Å². The number of aromatic hydroxyl groups is 2. The molecule has 154 valence electrons. The van der Waals surface area contributed by atoms with Gasteiger partial charge in [0.05, 0.1) is 0 Å². The first-order valence-corrected chi connectivity index (χ1v) is 9.63. The Morgan fingerprint density at radius 1 is 1.07 bits per heavy atom. The fourth-order valence-electron chi connectivity index (χ4n) is 3.46. The van der Waals surface area contributed by atoms with Crippen molar-refractivity contribution >= 4 is 11.8 Å². The van der Waals surface area contributed by atoms with Crippen molar-refractivity contribution in [2.75, 3.05) is 19.7 Å². The number of amides is 2. The lowest BCUT2D eigenvalue weighted by Gasteiger charge is -2.32. The summed E-state index contributed by atoms with van der Waals surface area (Å²) in [6.45, 7) is 5.02. The molecule has 0 saturated carbocycles. The molecule has 7 nitrogen and oxygen atoms in total. The highest BCUT2D eigenvalue weighted by molar-refractivity contribution is 5.95. The maximum atomic E-state index is 12.4. The number of nitrogens with zero attached hydrogens (tertiary/aromatic N) is 1. The van der Waals surface area contributed by atoms with Gasteiger partial charge < -0.3 is 25.2 Å². The molecular formula is C22H26N2O5. The lowest BCUT2D eigenvalue weighted by atomic mass is 10.0. The van der Waals surface area contributed by atoms with Crippen molar-refractivity contribution in [3.8, 4) is 17.2 Å². The van der Waals surface area contributed by atoms with Crippen LogP contribution >= 0.6 is 0 Å². The topological polar surface area (TPSA) is 99.1 Å². The zero-order chi connectivity index (χ0) is 21.0. The maximum absolute atomic E-state index is 12.4. The summed E-state index contributed by atoms with van der Waals surface area (Å²) in [7, 11) is 0. The van der Waals surface area contributed by atoms with Crippen molar-refractivity contribution in [2.45, 2.75) is 32.7 Å². The van der Waals surface area contributed by atoms with Gasteiger partial charge in [-0.25, -0.2) is 0 Å². The number of carbonyl (C=O) groups excluding carboxylic acids is 2. The number of hydrogen-bond acceptors (Lipinski definition) is 5. The predicted molar refractivity (Wildman–Crippen MR) is 108 cm³/mol. The molecular weight excluding hydrogens is 372 g/mol. The first-order chi connectivity index (χ1) is 13.8. The van der Waals surface area contributed by atoms with Gasteiger partial charge in [0.25, 0.3) is 11.8 Å². The maximum Gasteiger partial charge on any atom is 0.260 e. The second kappa shape index (κ2) is 8.86. The lowest BCUT2D eigenvalue weighted by molar-refractivity contribution is -0.134. The summed E-state index contributed by atoms with van der Waals surface area (Å²) in [4.78, 5) is 26.5. The summed E-state index contributed by atoms with van der Waals surface area (Å²) in [6.07, 6.45) is 1.26. The number of ether oxygens (including phenoxy) is 1. The van der Waals surface area contributed by atoms with E-state index in [1.165, 1.54) is 18.2 Å². The molecule has 1 heterocycles. The second-order valence-corrected chi connectivity index (χ2v) is 7.42. The first-order valence-electron chi connectivity index (χ1n) is 9.63. The number of likely N-dealkylation sites (tertiary alicyclic amines) is 1. The van der Waals surface area contributed by atoms with E-state index >= 15 is 0 Å². The highest BCUT2D eigenvalue weighted by Crippen LogP contribution is 2.21. The third kappa shape index (κ3) is 5.40.